The molecule has 0 aromatic heterocycles. The lowest BCUT2D eigenvalue weighted by atomic mass is 10.0. The Morgan fingerprint density at radius 2 is 1.84 bits per heavy atom. The van der Waals surface area contributed by atoms with Crippen LogP contribution in [0.1, 0.15) is 35.3 Å². The molecule has 1 N–H and O–H groups in total. The summed E-state index contributed by atoms with van der Waals surface area (Å²) >= 11 is 5.88. The quantitative estimate of drug-likeness (QED) is 0.889. The van der Waals surface area contributed by atoms with Gasteiger partial charge in [0.2, 0.25) is 5.91 Å². The molecule has 0 spiro atoms. The topological polar surface area (TPSA) is 49.4 Å². The number of hydrogen-bond acceptors (Lipinski definition) is 2. The van der Waals surface area contributed by atoms with Crippen LogP contribution >= 0.6 is 11.6 Å². The molecule has 0 radical (unpaired) electrons. The van der Waals surface area contributed by atoms with E-state index in [-0.39, 0.29) is 17.7 Å². The highest BCUT2D eigenvalue weighted by Crippen LogP contribution is 2.27. The maximum absolute atomic E-state index is 12.8. The van der Waals surface area contributed by atoms with Crippen molar-refractivity contribution in [2.45, 2.75) is 33.0 Å². The normalized spacial score (nSPS) is 14.6. The number of nitrogens with zero attached hydrogens (tertiary/aromatic N) is 1. The van der Waals surface area contributed by atoms with E-state index in [1.54, 1.807) is 17.0 Å². The van der Waals surface area contributed by atoms with E-state index in [4.69, 9.17) is 11.6 Å². The van der Waals surface area contributed by atoms with Crippen molar-refractivity contribution in [2.75, 3.05) is 0 Å². The minimum Gasteiger partial charge on any atom is -0.350 e. The number of carbonyl (C=O) groups is 2. The van der Waals surface area contributed by atoms with Crippen LogP contribution < -0.4 is 5.32 Å². The summed E-state index contributed by atoms with van der Waals surface area (Å²) in [5.41, 5.74) is 2.64. The molecule has 5 heteroatoms. The van der Waals surface area contributed by atoms with Crippen LogP contribution in [0.5, 0.6) is 0 Å². The predicted molar refractivity (Wildman–Crippen MR) is 98.2 cm³/mol. The van der Waals surface area contributed by atoms with E-state index < -0.39 is 6.04 Å². The maximum atomic E-state index is 12.8. The molecule has 1 heterocycles. The zero-order chi connectivity index (χ0) is 18.0. The fourth-order valence-electron chi connectivity index (χ4n) is 3.20. The number of rotatable bonds is 5. The van der Waals surface area contributed by atoms with Gasteiger partial charge in [-0.25, -0.2) is 0 Å². The van der Waals surface area contributed by atoms with Crippen LogP contribution in [0.4, 0.5) is 0 Å². The van der Waals surface area contributed by atoms with Gasteiger partial charge in [0.15, 0.2) is 0 Å². The molecule has 0 aliphatic carbocycles. The van der Waals surface area contributed by atoms with Gasteiger partial charge >= 0.3 is 0 Å². The highest BCUT2D eigenvalue weighted by molar-refractivity contribution is 6.30. The summed E-state index contributed by atoms with van der Waals surface area (Å²) in [6, 6.07) is 14.4. The summed E-state index contributed by atoms with van der Waals surface area (Å²) in [5.74, 6) is -0.189. The van der Waals surface area contributed by atoms with Crippen molar-refractivity contribution < 1.29 is 9.59 Å². The van der Waals surface area contributed by atoms with Gasteiger partial charge in [-0.3, -0.25) is 9.59 Å². The summed E-state index contributed by atoms with van der Waals surface area (Å²) in [6.45, 7) is 4.81. The van der Waals surface area contributed by atoms with E-state index in [2.05, 4.69) is 5.32 Å². The standard InChI is InChI=1S/C20H21ClN2O2/c1-13(2)18(19(24)22-11-14-7-9-16(21)10-8-14)23-12-15-5-3-4-6-17(15)20(23)25/h3-10,13,18H,11-12H2,1-2H3,(H,22,24)/t18-/m1/s1. The summed E-state index contributed by atoms with van der Waals surface area (Å²) in [5, 5.41) is 3.61. The molecule has 25 heavy (non-hydrogen) atoms. The Morgan fingerprint density at radius 1 is 1.16 bits per heavy atom. The number of nitrogens with one attached hydrogen (secondary N) is 1. The Morgan fingerprint density at radius 3 is 2.48 bits per heavy atom. The number of halogens is 1. The van der Waals surface area contributed by atoms with Gasteiger partial charge < -0.3 is 10.2 Å². The average Bonchev–Trinajstić information content (AvgIpc) is 2.91. The third-order valence-corrected chi connectivity index (χ3v) is 4.72. The fourth-order valence-corrected chi connectivity index (χ4v) is 3.33. The Bertz CT molecular complexity index is 787. The summed E-state index contributed by atoms with van der Waals surface area (Å²) in [7, 11) is 0. The van der Waals surface area contributed by atoms with Crippen molar-refractivity contribution in [3.63, 3.8) is 0 Å². The molecule has 2 aromatic carbocycles. The van der Waals surface area contributed by atoms with Crippen LogP contribution in [-0.4, -0.2) is 22.8 Å². The number of benzene rings is 2. The van der Waals surface area contributed by atoms with E-state index in [0.717, 1.165) is 11.1 Å². The maximum Gasteiger partial charge on any atom is 0.255 e. The second-order valence-electron chi connectivity index (χ2n) is 6.62. The van der Waals surface area contributed by atoms with Crippen molar-refractivity contribution in [3.05, 3.63) is 70.2 Å². The third kappa shape index (κ3) is 3.69. The van der Waals surface area contributed by atoms with Crippen LogP contribution in [0.3, 0.4) is 0 Å². The van der Waals surface area contributed by atoms with Gasteiger partial charge in [-0.15, -0.1) is 0 Å². The van der Waals surface area contributed by atoms with Gasteiger partial charge in [0.05, 0.1) is 0 Å². The summed E-state index contributed by atoms with van der Waals surface area (Å²) in [4.78, 5) is 27.1. The number of hydrogen-bond donors (Lipinski definition) is 1. The zero-order valence-electron chi connectivity index (χ0n) is 14.3. The molecular formula is C20H21ClN2O2. The first-order valence-corrected chi connectivity index (χ1v) is 8.76. The van der Waals surface area contributed by atoms with E-state index in [1.165, 1.54) is 0 Å². The molecular weight excluding hydrogens is 336 g/mol. The Balaban J connectivity index is 1.72. The molecule has 1 aliphatic rings. The van der Waals surface area contributed by atoms with Crippen molar-refractivity contribution in [1.82, 2.24) is 10.2 Å². The van der Waals surface area contributed by atoms with Gasteiger partial charge in [0.25, 0.3) is 5.91 Å². The van der Waals surface area contributed by atoms with E-state index in [0.29, 0.717) is 23.7 Å². The molecule has 3 rings (SSSR count). The number of fused-ring (bicyclic) bond motifs is 1. The molecule has 2 amide bonds. The summed E-state index contributed by atoms with van der Waals surface area (Å²) in [6.07, 6.45) is 0. The largest absolute Gasteiger partial charge is 0.350 e. The molecule has 0 bridgehead atoms. The Kier molecular flexibility index (Phi) is 5.09. The molecule has 1 aliphatic heterocycles. The minimum atomic E-state index is -0.493. The molecule has 0 fully saturated rings. The van der Waals surface area contributed by atoms with Crippen LogP contribution in [0.2, 0.25) is 5.02 Å². The SMILES string of the molecule is CC(C)[C@H](C(=O)NCc1ccc(Cl)cc1)N1Cc2ccccc2C1=O. The molecule has 0 saturated carbocycles. The van der Waals surface area contributed by atoms with Crippen LogP contribution in [-0.2, 0) is 17.9 Å². The van der Waals surface area contributed by atoms with Crippen molar-refractivity contribution in [3.8, 4) is 0 Å². The third-order valence-electron chi connectivity index (χ3n) is 4.47. The molecule has 4 nitrogen and oxygen atoms in total. The Hall–Kier alpha value is -2.33. The molecule has 1 atom stereocenters. The average molecular weight is 357 g/mol. The molecule has 130 valence electrons. The first kappa shape index (κ1) is 17.5. The lowest BCUT2D eigenvalue weighted by molar-refractivity contribution is -0.127. The van der Waals surface area contributed by atoms with Crippen LogP contribution in [0.25, 0.3) is 0 Å². The van der Waals surface area contributed by atoms with Gasteiger partial charge in [-0.2, -0.15) is 0 Å². The van der Waals surface area contributed by atoms with Gasteiger partial charge in [0.1, 0.15) is 6.04 Å². The first-order chi connectivity index (χ1) is 12.0. The zero-order valence-corrected chi connectivity index (χ0v) is 15.1. The Labute approximate surface area is 152 Å². The van der Waals surface area contributed by atoms with Gasteiger partial charge in [-0.1, -0.05) is 55.8 Å². The lowest BCUT2D eigenvalue weighted by Crippen LogP contribution is -2.49. The monoisotopic (exact) mass is 356 g/mol. The van der Waals surface area contributed by atoms with Crippen molar-refractivity contribution in [2.24, 2.45) is 5.92 Å². The predicted octanol–water partition coefficient (Wildman–Crippen LogP) is 3.64. The molecule has 0 saturated heterocycles. The van der Waals surface area contributed by atoms with Crippen LogP contribution in [0, 0.1) is 5.92 Å². The second-order valence-corrected chi connectivity index (χ2v) is 7.06. The fraction of sp³-hybridized carbons (Fsp3) is 0.300. The molecule has 0 unspecified atom stereocenters. The van der Waals surface area contributed by atoms with E-state index in [1.807, 2.05) is 50.2 Å². The lowest BCUT2D eigenvalue weighted by Gasteiger charge is -2.30. The second kappa shape index (κ2) is 7.28. The van der Waals surface area contributed by atoms with E-state index >= 15 is 0 Å². The van der Waals surface area contributed by atoms with Crippen LogP contribution in [0.15, 0.2) is 48.5 Å². The summed E-state index contributed by atoms with van der Waals surface area (Å²) < 4.78 is 0. The van der Waals surface area contributed by atoms with Crippen molar-refractivity contribution >= 4 is 23.4 Å². The smallest absolute Gasteiger partial charge is 0.255 e. The number of amides is 2. The van der Waals surface area contributed by atoms with E-state index in [9.17, 15) is 9.59 Å². The van der Waals surface area contributed by atoms with Gasteiger partial charge in [0, 0.05) is 23.7 Å². The minimum absolute atomic E-state index is 0.0171. The first-order valence-electron chi connectivity index (χ1n) is 8.38. The molecule has 2 aromatic rings. The van der Waals surface area contributed by atoms with Crippen molar-refractivity contribution in [1.29, 1.82) is 0 Å². The van der Waals surface area contributed by atoms with Gasteiger partial charge in [-0.05, 0) is 35.2 Å². The highest BCUT2D eigenvalue weighted by atomic mass is 35.5. The highest BCUT2D eigenvalue weighted by Gasteiger charge is 2.37. The number of carbonyl (C=O) groups excluding carboxylic acids is 2.